The average molecular weight is 596 g/mol. The molecule has 9 N–H and O–H groups in total. The van der Waals surface area contributed by atoms with E-state index in [-0.39, 0.29) is 30.9 Å². The number of phenols is 1. The van der Waals surface area contributed by atoms with Crippen LogP contribution >= 0.6 is 0 Å². The van der Waals surface area contributed by atoms with Crippen molar-refractivity contribution in [2.75, 3.05) is 0 Å². The van der Waals surface area contributed by atoms with E-state index in [0.717, 1.165) is 10.9 Å². The van der Waals surface area contributed by atoms with E-state index >= 15 is 0 Å². The number of para-hydroxylation sites is 1. The Morgan fingerprint density at radius 3 is 2.00 bits per heavy atom. The lowest BCUT2D eigenvalue weighted by Gasteiger charge is -2.26. The van der Waals surface area contributed by atoms with Crippen LogP contribution in [0.3, 0.4) is 0 Å². The number of hydrogen-bond acceptors (Lipinski definition) is 7. The summed E-state index contributed by atoms with van der Waals surface area (Å²) in [6.07, 6.45) is 0.774. The van der Waals surface area contributed by atoms with E-state index in [2.05, 4.69) is 20.9 Å². The highest BCUT2D eigenvalue weighted by atomic mass is 16.4. The predicted molar refractivity (Wildman–Crippen MR) is 157 cm³/mol. The SMILES string of the molecule is CC(C)C(N)C(=O)NC(Cc1ccc(O)cc1)C(=O)NC(Cc1c[nH]c2ccccc12)C(=O)NC(CCC(=O)O)C(=O)O. The lowest BCUT2D eigenvalue weighted by atomic mass is 10.00. The molecule has 230 valence electrons. The number of carboxylic acid groups (broad SMARTS) is 2. The van der Waals surface area contributed by atoms with Gasteiger partial charge in [0.05, 0.1) is 6.04 Å². The molecule has 1 aromatic heterocycles. The molecule has 0 bridgehead atoms. The second-order valence-electron chi connectivity index (χ2n) is 10.7. The van der Waals surface area contributed by atoms with E-state index in [1.165, 1.54) is 12.1 Å². The summed E-state index contributed by atoms with van der Waals surface area (Å²) in [6.45, 7) is 3.51. The first-order valence-electron chi connectivity index (χ1n) is 13.8. The molecule has 0 aliphatic heterocycles. The molecule has 13 heteroatoms. The molecule has 0 aliphatic carbocycles. The molecule has 3 rings (SSSR count). The van der Waals surface area contributed by atoms with Crippen LogP contribution in [0.4, 0.5) is 0 Å². The number of amides is 3. The number of rotatable bonds is 15. The molecule has 0 radical (unpaired) electrons. The van der Waals surface area contributed by atoms with Crippen molar-refractivity contribution in [3.8, 4) is 5.75 Å². The van der Waals surface area contributed by atoms with Crippen molar-refractivity contribution in [3.05, 3.63) is 65.9 Å². The lowest BCUT2D eigenvalue weighted by Crippen LogP contribution is -2.58. The number of aliphatic carboxylic acids is 2. The number of H-pyrrole nitrogens is 1. The maximum Gasteiger partial charge on any atom is 0.326 e. The zero-order valence-corrected chi connectivity index (χ0v) is 23.9. The van der Waals surface area contributed by atoms with Crippen LogP contribution in [0, 0.1) is 5.92 Å². The van der Waals surface area contributed by atoms with Gasteiger partial charge < -0.3 is 42.0 Å². The lowest BCUT2D eigenvalue weighted by molar-refractivity contribution is -0.143. The van der Waals surface area contributed by atoms with Gasteiger partial charge in [-0.05, 0) is 41.7 Å². The third-order valence-electron chi connectivity index (χ3n) is 7.02. The van der Waals surface area contributed by atoms with Crippen LogP contribution in [0.25, 0.3) is 10.9 Å². The van der Waals surface area contributed by atoms with Crippen molar-refractivity contribution in [3.63, 3.8) is 0 Å². The van der Waals surface area contributed by atoms with E-state index in [1.54, 1.807) is 38.2 Å². The van der Waals surface area contributed by atoms with Gasteiger partial charge in [-0.2, -0.15) is 0 Å². The number of carbonyl (C=O) groups is 5. The number of hydrogen-bond donors (Lipinski definition) is 8. The number of aromatic amines is 1. The van der Waals surface area contributed by atoms with Crippen LogP contribution in [0.1, 0.15) is 37.8 Å². The second-order valence-corrected chi connectivity index (χ2v) is 10.7. The molecule has 2 aromatic carbocycles. The highest BCUT2D eigenvalue weighted by Gasteiger charge is 2.31. The minimum atomic E-state index is -1.51. The first-order valence-corrected chi connectivity index (χ1v) is 13.8. The van der Waals surface area contributed by atoms with Gasteiger partial charge in [-0.3, -0.25) is 19.2 Å². The topological polar surface area (TPSA) is 224 Å². The summed E-state index contributed by atoms with van der Waals surface area (Å²) in [6, 6.07) is 8.43. The molecule has 0 saturated carbocycles. The van der Waals surface area contributed by atoms with E-state index in [1.807, 2.05) is 18.2 Å². The molecule has 4 atom stereocenters. The van der Waals surface area contributed by atoms with Crippen molar-refractivity contribution >= 4 is 40.6 Å². The summed E-state index contributed by atoms with van der Waals surface area (Å²) in [5, 5.41) is 36.7. The Kier molecular flexibility index (Phi) is 11.2. The zero-order chi connectivity index (χ0) is 31.7. The first kappa shape index (κ1) is 32.6. The van der Waals surface area contributed by atoms with E-state index in [0.29, 0.717) is 11.1 Å². The normalized spacial score (nSPS) is 14.0. The van der Waals surface area contributed by atoms with Crippen molar-refractivity contribution in [1.29, 1.82) is 0 Å². The summed E-state index contributed by atoms with van der Waals surface area (Å²) >= 11 is 0. The van der Waals surface area contributed by atoms with E-state index < -0.39 is 60.2 Å². The minimum absolute atomic E-state index is 0.000452. The van der Waals surface area contributed by atoms with Gasteiger partial charge >= 0.3 is 11.9 Å². The second kappa shape index (κ2) is 14.8. The largest absolute Gasteiger partial charge is 0.508 e. The zero-order valence-electron chi connectivity index (χ0n) is 23.9. The Hall–Kier alpha value is -4.91. The van der Waals surface area contributed by atoms with Gasteiger partial charge in [-0.15, -0.1) is 0 Å². The van der Waals surface area contributed by atoms with Crippen LogP contribution in [-0.4, -0.2) is 74.1 Å². The van der Waals surface area contributed by atoms with E-state index in [4.69, 9.17) is 10.8 Å². The molecule has 13 nitrogen and oxygen atoms in total. The summed E-state index contributed by atoms with van der Waals surface area (Å²) in [7, 11) is 0. The number of fused-ring (bicyclic) bond motifs is 1. The highest BCUT2D eigenvalue weighted by molar-refractivity contribution is 5.95. The third-order valence-corrected chi connectivity index (χ3v) is 7.02. The number of carboxylic acids is 2. The highest BCUT2D eigenvalue weighted by Crippen LogP contribution is 2.20. The molecule has 4 unspecified atom stereocenters. The number of aromatic hydroxyl groups is 1. The molecule has 0 saturated heterocycles. The molecular formula is C30H37N5O8. The molecule has 3 amide bonds. The van der Waals surface area contributed by atoms with E-state index in [9.17, 15) is 34.2 Å². The van der Waals surface area contributed by atoms with Gasteiger partial charge in [0.25, 0.3) is 0 Å². The Labute approximate surface area is 247 Å². The fourth-order valence-corrected chi connectivity index (χ4v) is 4.45. The Morgan fingerprint density at radius 1 is 0.814 bits per heavy atom. The predicted octanol–water partition coefficient (Wildman–Crippen LogP) is 1.05. The molecule has 3 aromatic rings. The maximum atomic E-state index is 13.7. The van der Waals surface area contributed by atoms with Crippen LogP contribution in [-0.2, 0) is 36.8 Å². The van der Waals surface area contributed by atoms with Crippen molar-refractivity contribution in [2.24, 2.45) is 11.7 Å². The van der Waals surface area contributed by atoms with Crippen LogP contribution in [0.2, 0.25) is 0 Å². The number of benzene rings is 2. The molecule has 43 heavy (non-hydrogen) atoms. The standard InChI is InChI=1S/C30H37N5O8/c1-16(2)26(31)29(41)35-23(13-17-7-9-19(36)10-8-17)27(39)34-24(14-18-15-32-21-6-4-3-5-20(18)21)28(40)33-22(30(42)43)11-12-25(37)38/h3-10,15-16,22-24,26,32,36H,11-14,31H2,1-2H3,(H,33,40)(H,34,39)(H,35,41)(H,37,38)(H,42,43). The van der Waals surface area contributed by atoms with Gasteiger partial charge in [-0.25, -0.2) is 4.79 Å². The maximum absolute atomic E-state index is 13.7. The van der Waals surface area contributed by atoms with Crippen LogP contribution < -0.4 is 21.7 Å². The number of phenolic OH excluding ortho intramolecular Hbond substituents is 1. The van der Waals surface area contributed by atoms with Gasteiger partial charge in [0.15, 0.2) is 0 Å². The molecule has 0 spiro atoms. The monoisotopic (exact) mass is 595 g/mol. The Balaban J connectivity index is 1.91. The average Bonchev–Trinajstić information content (AvgIpc) is 3.37. The number of carbonyl (C=O) groups excluding carboxylic acids is 3. The Morgan fingerprint density at radius 2 is 1.40 bits per heavy atom. The molecular weight excluding hydrogens is 558 g/mol. The summed E-state index contributed by atoms with van der Waals surface area (Å²) in [5.74, 6) is -5.01. The van der Waals surface area contributed by atoms with Gasteiger partial charge in [0.1, 0.15) is 23.9 Å². The summed E-state index contributed by atoms with van der Waals surface area (Å²) in [4.78, 5) is 65.9. The van der Waals surface area contributed by atoms with Crippen molar-refractivity contribution in [1.82, 2.24) is 20.9 Å². The number of nitrogens with two attached hydrogens (primary N) is 1. The van der Waals surface area contributed by atoms with Gasteiger partial charge in [-0.1, -0.05) is 44.2 Å². The first-order chi connectivity index (χ1) is 20.3. The molecule has 0 aliphatic rings. The number of aromatic nitrogens is 1. The quantitative estimate of drug-likeness (QED) is 0.125. The van der Waals surface area contributed by atoms with Crippen molar-refractivity contribution in [2.45, 2.75) is 63.7 Å². The smallest absolute Gasteiger partial charge is 0.326 e. The number of nitrogens with one attached hydrogen (secondary N) is 4. The van der Waals surface area contributed by atoms with Crippen molar-refractivity contribution < 1.29 is 39.3 Å². The van der Waals surface area contributed by atoms with Gasteiger partial charge in [0, 0.05) is 36.4 Å². The molecule has 1 heterocycles. The molecule has 0 fully saturated rings. The van der Waals surface area contributed by atoms with Crippen LogP contribution in [0.15, 0.2) is 54.7 Å². The van der Waals surface area contributed by atoms with Crippen LogP contribution in [0.5, 0.6) is 5.75 Å². The summed E-state index contributed by atoms with van der Waals surface area (Å²) in [5.41, 5.74) is 8.06. The minimum Gasteiger partial charge on any atom is -0.508 e. The Bertz CT molecular complexity index is 1450. The third kappa shape index (κ3) is 9.30. The van der Waals surface area contributed by atoms with Gasteiger partial charge in [0.2, 0.25) is 17.7 Å². The fraction of sp³-hybridized carbons (Fsp3) is 0.367. The fourth-order valence-electron chi connectivity index (χ4n) is 4.45. The summed E-state index contributed by atoms with van der Waals surface area (Å²) < 4.78 is 0.